The molecule has 0 bridgehead atoms. The molecule has 1 atom stereocenters. The Kier molecular flexibility index (Phi) is 9.65. The van der Waals surface area contributed by atoms with Gasteiger partial charge in [-0.15, -0.1) is 0 Å². The van der Waals surface area contributed by atoms with Crippen molar-refractivity contribution in [3.8, 4) is 17.7 Å². The molecule has 196 valence electrons. The molecule has 38 heavy (non-hydrogen) atoms. The molecule has 3 aromatic carbocycles. The number of guanidine groups is 1. The van der Waals surface area contributed by atoms with Crippen molar-refractivity contribution >= 4 is 17.6 Å². The minimum absolute atomic E-state index is 0.0968. The summed E-state index contributed by atoms with van der Waals surface area (Å²) < 4.78 is 18.8. The quantitative estimate of drug-likeness (QED) is 0.156. The Morgan fingerprint density at radius 1 is 1.00 bits per heavy atom. The van der Waals surface area contributed by atoms with Gasteiger partial charge in [0.05, 0.1) is 12.5 Å². The second-order valence-electron chi connectivity index (χ2n) is 8.95. The first-order chi connectivity index (χ1) is 18.6. The Bertz CT molecular complexity index is 1240. The fourth-order valence-electron chi connectivity index (χ4n) is 4.21. The second-order valence-corrected chi connectivity index (χ2v) is 8.95. The molecule has 0 unspecified atom stereocenters. The number of amides is 1. The fourth-order valence-corrected chi connectivity index (χ4v) is 4.21. The molecule has 0 spiro atoms. The van der Waals surface area contributed by atoms with E-state index in [4.69, 9.17) is 4.74 Å². The van der Waals surface area contributed by atoms with Crippen LogP contribution in [0.15, 0.2) is 83.9 Å². The molecule has 4 rings (SSSR count). The predicted octanol–water partition coefficient (Wildman–Crippen LogP) is 4.80. The van der Waals surface area contributed by atoms with Crippen LogP contribution in [0, 0.1) is 17.3 Å². The number of ether oxygens (including phenoxy) is 1. The molecular weight excluding hydrogens is 483 g/mol. The van der Waals surface area contributed by atoms with E-state index in [0.717, 1.165) is 25.2 Å². The Balaban J connectivity index is 1.42. The first kappa shape index (κ1) is 26.6. The maximum Gasteiger partial charge on any atom is 0.222 e. The maximum atomic E-state index is 13.1. The lowest BCUT2D eigenvalue weighted by molar-refractivity contribution is -0.121. The Morgan fingerprint density at radius 2 is 1.66 bits per heavy atom. The van der Waals surface area contributed by atoms with Crippen molar-refractivity contribution in [2.75, 3.05) is 31.5 Å². The van der Waals surface area contributed by atoms with E-state index >= 15 is 0 Å². The lowest BCUT2D eigenvalue weighted by Crippen LogP contribution is -2.34. The van der Waals surface area contributed by atoms with Crippen LogP contribution in [0.2, 0.25) is 0 Å². The van der Waals surface area contributed by atoms with Gasteiger partial charge in [0, 0.05) is 18.8 Å². The number of hydrogen-bond donors (Lipinski definition) is 3. The first-order valence-corrected chi connectivity index (χ1v) is 12.7. The lowest BCUT2D eigenvalue weighted by atomic mass is 10.0. The van der Waals surface area contributed by atoms with E-state index in [1.165, 1.54) is 25.0 Å². The van der Waals surface area contributed by atoms with E-state index in [9.17, 15) is 14.4 Å². The van der Waals surface area contributed by atoms with E-state index in [1.54, 1.807) is 36.4 Å². The van der Waals surface area contributed by atoms with Crippen LogP contribution in [0.3, 0.4) is 0 Å². The highest BCUT2D eigenvalue weighted by Crippen LogP contribution is 2.24. The highest BCUT2D eigenvalue weighted by molar-refractivity contribution is 5.95. The smallest absolute Gasteiger partial charge is 0.222 e. The van der Waals surface area contributed by atoms with Crippen LogP contribution in [-0.4, -0.2) is 42.9 Å². The van der Waals surface area contributed by atoms with Crippen molar-refractivity contribution in [3.63, 3.8) is 0 Å². The number of halogens is 1. The van der Waals surface area contributed by atoms with Gasteiger partial charge in [-0.25, -0.2) is 9.38 Å². The summed E-state index contributed by atoms with van der Waals surface area (Å²) in [5.74, 6) is 0.882. The Morgan fingerprint density at radius 3 is 2.32 bits per heavy atom. The summed E-state index contributed by atoms with van der Waals surface area (Å²) in [6.07, 6.45) is 4.48. The molecule has 0 saturated carbocycles. The molecule has 1 amide bonds. The monoisotopic (exact) mass is 514 g/mol. The van der Waals surface area contributed by atoms with Gasteiger partial charge in [0.15, 0.2) is 6.19 Å². The summed E-state index contributed by atoms with van der Waals surface area (Å²) in [4.78, 5) is 19.8. The fraction of sp³-hybridized carbons (Fsp3) is 0.276. The molecule has 3 aromatic rings. The van der Waals surface area contributed by atoms with Crippen LogP contribution >= 0.6 is 0 Å². The van der Waals surface area contributed by atoms with Gasteiger partial charge in [0.2, 0.25) is 11.9 Å². The number of rotatable bonds is 10. The number of hydrogen-bond acceptors (Lipinski definition) is 5. The van der Waals surface area contributed by atoms with E-state index in [-0.39, 0.29) is 24.1 Å². The number of carbonyl (C=O) groups is 1. The van der Waals surface area contributed by atoms with Gasteiger partial charge in [0.1, 0.15) is 17.3 Å². The molecule has 1 aliphatic heterocycles. The SMILES string of the molecule is N#CNC(=N[C@H](CC(=O)NCCN1CCCC1)c1ccccc1)Nc1ccc(Oc2ccc(F)cc2)cc1. The molecule has 8 nitrogen and oxygen atoms in total. The van der Waals surface area contributed by atoms with Crippen molar-refractivity contribution in [3.05, 3.63) is 90.2 Å². The second kappa shape index (κ2) is 13.8. The average Bonchev–Trinajstić information content (AvgIpc) is 3.45. The lowest BCUT2D eigenvalue weighted by Gasteiger charge is -2.18. The third-order valence-electron chi connectivity index (χ3n) is 6.14. The van der Waals surface area contributed by atoms with Crippen molar-refractivity contribution in [1.82, 2.24) is 15.5 Å². The van der Waals surface area contributed by atoms with E-state index < -0.39 is 6.04 Å². The molecule has 0 aromatic heterocycles. The number of aliphatic imine (C=N–C) groups is 1. The molecule has 1 saturated heterocycles. The van der Waals surface area contributed by atoms with Gasteiger partial charge in [-0.3, -0.25) is 10.1 Å². The number of nitriles is 1. The maximum absolute atomic E-state index is 13.1. The van der Waals surface area contributed by atoms with Crippen LogP contribution < -0.4 is 20.7 Å². The number of nitrogens with zero attached hydrogens (tertiary/aromatic N) is 3. The molecule has 9 heteroatoms. The van der Waals surface area contributed by atoms with Crippen LogP contribution in [0.1, 0.15) is 30.9 Å². The third-order valence-corrected chi connectivity index (χ3v) is 6.14. The highest BCUT2D eigenvalue weighted by Gasteiger charge is 2.17. The van der Waals surface area contributed by atoms with Crippen molar-refractivity contribution < 1.29 is 13.9 Å². The summed E-state index contributed by atoms with van der Waals surface area (Å²) in [7, 11) is 0. The standard InChI is InChI=1S/C29H31FN6O2/c30-23-8-12-25(13-9-23)38-26-14-10-24(11-15-26)34-29(33-21-31)35-27(22-6-2-1-3-7-22)20-28(37)32-16-19-36-17-4-5-18-36/h1-3,6-15,27H,4-5,16-20H2,(H,32,37)(H2,33,34,35)/t27-/m1/s1. The van der Waals surface area contributed by atoms with Gasteiger partial charge in [-0.1, -0.05) is 30.3 Å². The number of anilines is 1. The van der Waals surface area contributed by atoms with Gasteiger partial charge >= 0.3 is 0 Å². The molecule has 1 fully saturated rings. The number of likely N-dealkylation sites (tertiary alicyclic amines) is 1. The summed E-state index contributed by atoms with van der Waals surface area (Å²) in [5.41, 5.74) is 1.53. The normalized spacial score (nSPS) is 14.4. The largest absolute Gasteiger partial charge is 0.457 e. The highest BCUT2D eigenvalue weighted by atomic mass is 19.1. The molecule has 0 radical (unpaired) electrons. The van der Waals surface area contributed by atoms with E-state index in [0.29, 0.717) is 23.7 Å². The zero-order valence-corrected chi connectivity index (χ0v) is 21.1. The summed E-state index contributed by atoms with van der Waals surface area (Å²) in [5, 5.41) is 18.0. The topological polar surface area (TPSA) is 102 Å². The molecule has 1 heterocycles. The first-order valence-electron chi connectivity index (χ1n) is 12.7. The summed E-state index contributed by atoms with van der Waals surface area (Å²) >= 11 is 0. The van der Waals surface area contributed by atoms with Gasteiger partial charge in [-0.2, -0.15) is 5.26 Å². The Hall–Kier alpha value is -4.42. The predicted molar refractivity (Wildman–Crippen MR) is 145 cm³/mol. The van der Waals surface area contributed by atoms with Crippen molar-refractivity contribution in [1.29, 1.82) is 5.26 Å². The number of carbonyl (C=O) groups excluding carboxylic acids is 1. The Labute approximate surface area is 222 Å². The van der Waals surface area contributed by atoms with Gasteiger partial charge < -0.3 is 20.3 Å². The average molecular weight is 515 g/mol. The van der Waals surface area contributed by atoms with Gasteiger partial charge in [0.25, 0.3) is 0 Å². The molecule has 1 aliphatic rings. The minimum atomic E-state index is -0.493. The van der Waals surface area contributed by atoms with E-state index in [2.05, 4.69) is 25.8 Å². The minimum Gasteiger partial charge on any atom is -0.457 e. The zero-order chi connectivity index (χ0) is 26.6. The van der Waals surface area contributed by atoms with Crippen LogP contribution in [-0.2, 0) is 4.79 Å². The van der Waals surface area contributed by atoms with Crippen LogP contribution in [0.4, 0.5) is 10.1 Å². The van der Waals surface area contributed by atoms with Crippen LogP contribution in [0.25, 0.3) is 0 Å². The van der Waals surface area contributed by atoms with Crippen LogP contribution in [0.5, 0.6) is 11.5 Å². The zero-order valence-electron chi connectivity index (χ0n) is 21.1. The molecule has 0 aliphatic carbocycles. The molecular formula is C29H31FN6O2. The van der Waals surface area contributed by atoms with Crippen molar-refractivity contribution in [2.24, 2.45) is 4.99 Å². The van der Waals surface area contributed by atoms with E-state index in [1.807, 2.05) is 36.5 Å². The number of nitrogens with one attached hydrogen (secondary N) is 3. The summed E-state index contributed by atoms with van der Waals surface area (Å²) in [6.45, 7) is 3.61. The molecule has 3 N–H and O–H groups in total. The van der Waals surface area contributed by atoms with Gasteiger partial charge in [-0.05, 0) is 80.0 Å². The van der Waals surface area contributed by atoms with Crippen molar-refractivity contribution in [2.45, 2.75) is 25.3 Å². The number of benzene rings is 3. The summed E-state index contributed by atoms with van der Waals surface area (Å²) in [6, 6.07) is 21.8. The third kappa shape index (κ3) is 8.32.